The minimum absolute atomic E-state index is 0.00586. The number of nitrogens with zero attached hydrogens (tertiary/aromatic N) is 3. The van der Waals surface area contributed by atoms with Crippen molar-refractivity contribution in [3.8, 4) is 0 Å². The molecule has 6 heteroatoms. The smallest absolute Gasteiger partial charge is 0.273 e. The standard InChI is InChI=1S/C21H16FN3O2/c22-18-11-5-4-9-16(18)14-24-19-17(10-6-12-23-19)20(26)25(21(24)27)13-15-7-2-1-3-8-15/h1-12H,13-14H2. The highest BCUT2D eigenvalue weighted by atomic mass is 19.1. The number of benzene rings is 2. The second kappa shape index (κ2) is 6.99. The average Bonchev–Trinajstić information content (AvgIpc) is 2.70. The van der Waals surface area contributed by atoms with Gasteiger partial charge in [0.2, 0.25) is 0 Å². The molecule has 0 aliphatic rings. The van der Waals surface area contributed by atoms with Gasteiger partial charge in [0, 0.05) is 11.8 Å². The van der Waals surface area contributed by atoms with Crippen molar-refractivity contribution in [2.45, 2.75) is 13.1 Å². The topological polar surface area (TPSA) is 56.9 Å². The predicted molar refractivity (Wildman–Crippen MR) is 101 cm³/mol. The fourth-order valence-corrected chi connectivity index (χ4v) is 3.09. The molecule has 0 bridgehead atoms. The number of pyridine rings is 1. The number of hydrogen-bond acceptors (Lipinski definition) is 3. The maximum Gasteiger partial charge on any atom is 0.333 e. The Morgan fingerprint density at radius 1 is 0.815 bits per heavy atom. The van der Waals surface area contributed by atoms with Gasteiger partial charge in [0.1, 0.15) is 11.5 Å². The van der Waals surface area contributed by atoms with Crippen molar-refractivity contribution in [2.75, 3.05) is 0 Å². The summed E-state index contributed by atoms with van der Waals surface area (Å²) in [7, 11) is 0. The number of halogens is 1. The van der Waals surface area contributed by atoms with Crippen LogP contribution in [-0.4, -0.2) is 14.1 Å². The van der Waals surface area contributed by atoms with E-state index in [1.165, 1.54) is 21.4 Å². The summed E-state index contributed by atoms with van der Waals surface area (Å²) in [5, 5.41) is 0.323. The molecule has 0 saturated carbocycles. The van der Waals surface area contributed by atoms with Gasteiger partial charge in [-0.15, -0.1) is 0 Å². The lowest BCUT2D eigenvalue weighted by atomic mass is 10.2. The average molecular weight is 361 g/mol. The van der Waals surface area contributed by atoms with Crippen LogP contribution >= 0.6 is 0 Å². The zero-order valence-electron chi connectivity index (χ0n) is 14.4. The van der Waals surface area contributed by atoms with E-state index in [1.54, 1.807) is 30.3 Å². The number of fused-ring (bicyclic) bond motifs is 1. The van der Waals surface area contributed by atoms with Gasteiger partial charge in [-0.2, -0.15) is 0 Å². The predicted octanol–water partition coefficient (Wildman–Crippen LogP) is 2.79. The molecule has 5 nitrogen and oxygen atoms in total. The van der Waals surface area contributed by atoms with Crippen LogP contribution in [0.4, 0.5) is 4.39 Å². The van der Waals surface area contributed by atoms with Gasteiger partial charge >= 0.3 is 5.69 Å². The second-order valence-corrected chi connectivity index (χ2v) is 6.21. The Morgan fingerprint density at radius 3 is 2.33 bits per heavy atom. The Kier molecular flexibility index (Phi) is 4.38. The summed E-state index contributed by atoms with van der Waals surface area (Å²) in [6.07, 6.45) is 1.51. The van der Waals surface area contributed by atoms with E-state index in [1.807, 2.05) is 30.3 Å². The minimum atomic E-state index is -0.515. The number of hydrogen-bond donors (Lipinski definition) is 0. The molecule has 0 saturated heterocycles. The quantitative estimate of drug-likeness (QED) is 0.562. The molecule has 0 aliphatic heterocycles. The summed E-state index contributed by atoms with van der Waals surface area (Å²) >= 11 is 0. The van der Waals surface area contributed by atoms with Crippen LogP contribution < -0.4 is 11.2 Å². The summed E-state index contributed by atoms with van der Waals surface area (Å²) in [6, 6.07) is 18.8. The fraction of sp³-hybridized carbons (Fsp3) is 0.0952. The molecule has 2 aromatic heterocycles. The molecule has 0 amide bonds. The molecule has 2 heterocycles. The summed E-state index contributed by atoms with van der Waals surface area (Å²) in [6.45, 7) is 0.134. The van der Waals surface area contributed by atoms with Gasteiger partial charge in [-0.1, -0.05) is 48.5 Å². The second-order valence-electron chi connectivity index (χ2n) is 6.21. The van der Waals surface area contributed by atoms with Crippen molar-refractivity contribution in [3.63, 3.8) is 0 Å². The van der Waals surface area contributed by atoms with Gasteiger partial charge in [0.15, 0.2) is 0 Å². The summed E-state index contributed by atoms with van der Waals surface area (Å²) in [4.78, 5) is 30.2. The number of rotatable bonds is 4. The highest BCUT2D eigenvalue weighted by Crippen LogP contribution is 2.11. The van der Waals surface area contributed by atoms with Crippen LogP contribution in [0.15, 0.2) is 82.5 Å². The van der Waals surface area contributed by atoms with E-state index in [4.69, 9.17) is 0 Å². The largest absolute Gasteiger partial charge is 0.333 e. The molecule has 27 heavy (non-hydrogen) atoms. The van der Waals surface area contributed by atoms with Gasteiger partial charge in [-0.05, 0) is 23.8 Å². The van der Waals surface area contributed by atoms with Gasteiger partial charge < -0.3 is 0 Å². The van der Waals surface area contributed by atoms with E-state index in [0.717, 1.165) is 5.56 Å². The third-order valence-electron chi connectivity index (χ3n) is 4.45. The minimum Gasteiger partial charge on any atom is -0.273 e. The first-order chi connectivity index (χ1) is 13.1. The third kappa shape index (κ3) is 3.17. The highest BCUT2D eigenvalue weighted by Gasteiger charge is 2.15. The Hall–Kier alpha value is -3.54. The van der Waals surface area contributed by atoms with Crippen LogP contribution in [0.25, 0.3) is 11.0 Å². The zero-order valence-corrected chi connectivity index (χ0v) is 14.4. The maximum atomic E-state index is 14.1. The first kappa shape index (κ1) is 16.9. The molecule has 0 fully saturated rings. The van der Waals surface area contributed by atoms with E-state index in [2.05, 4.69) is 4.98 Å². The van der Waals surface area contributed by atoms with Crippen molar-refractivity contribution in [3.05, 3.63) is 111 Å². The van der Waals surface area contributed by atoms with Gasteiger partial charge in [-0.25, -0.2) is 14.2 Å². The Balaban J connectivity index is 1.93. The maximum absolute atomic E-state index is 14.1. The molecule has 4 rings (SSSR count). The lowest BCUT2D eigenvalue weighted by Gasteiger charge is -2.14. The van der Waals surface area contributed by atoms with Crippen molar-refractivity contribution in [1.29, 1.82) is 0 Å². The molecule has 0 atom stereocenters. The monoisotopic (exact) mass is 361 g/mol. The molecular weight excluding hydrogens is 345 g/mol. The van der Waals surface area contributed by atoms with Crippen molar-refractivity contribution in [2.24, 2.45) is 0 Å². The summed E-state index contributed by atoms with van der Waals surface area (Å²) < 4.78 is 16.6. The fourth-order valence-electron chi connectivity index (χ4n) is 3.09. The van der Waals surface area contributed by atoms with Gasteiger partial charge in [0.05, 0.1) is 18.5 Å². The van der Waals surface area contributed by atoms with E-state index in [-0.39, 0.29) is 18.7 Å². The summed E-state index contributed by atoms with van der Waals surface area (Å²) in [5.41, 5.74) is 0.518. The first-order valence-electron chi connectivity index (χ1n) is 8.51. The molecule has 134 valence electrons. The molecule has 2 aromatic carbocycles. The molecular formula is C21H16FN3O2. The first-order valence-corrected chi connectivity index (χ1v) is 8.51. The normalized spacial score (nSPS) is 11.0. The molecule has 0 radical (unpaired) electrons. The lowest BCUT2D eigenvalue weighted by molar-refractivity contribution is 0.582. The SMILES string of the molecule is O=c1c2cccnc2n(Cc2ccccc2F)c(=O)n1Cc1ccccc1. The number of aromatic nitrogens is 3. The van der Waals surface area contributed by atoms with E-state index in [9.17, 15) is 14.0 Å². The van der Waals surface area contributed by atoms with Crippen LogP contribution in [0.3, 0.4) is 0 Å². The molecule has 0 spiro atoms. The van der Waals surface area contributed by atoms with Crippen molar-refractivity contribution in [1.82, 2.24) is 14.1 Å². The molecule has 0 N–H and O–H groups in total. The van der Waals surface area contributed by atoms with Gasteiger partial charge in [0.25, 0.3) is 5.56 Å². The lowest BCUT2D eigenvalue weighted by Crippen LogP contribution is -2.41. The Labute approximate surface area is 154 Å². The van der Waals surface area contributed by atoms with E-state index < -0.39 is 17.1 Å². The Bertz CT molecular complexity index is 1230. The summed E-state index contributed by atoms with van der Waals surface area (Å²) in [5.74, 6) is -0.408. The third-order valence-corrected chi connectivity index (χ3v) is 4.45. The van der Waals surface area contributed by atoms with Crippen LogP contribution in [0.1, 0.15) is 11.1 Å². The van der Waals surface area contributed by atoms with E-state index >= 15 is 0 Å². The van der Waals surface area contributed by atoms with Crippen LogP contribution in [0, 0.1) is 5.82 Å². The Morgan fingerprint density at radius 2 is 1.56 bits per heavy atom. The van der Waals surface area contributed by atoms with Crippen molar-refractivity contribution < 1.29 is 4.39 Å². The molecule has 0 aliphatic carbocycles. The van der Waals surface area contributed by atoms with E-state index in [0.29, 0.717) is 10.9 Å². The highest BCUT2D eigenvalue weighted by molar-refractivity contribution is 5.73. The van der Waals surface area contributed by atoms with Crippen molar-refractivity contribution >= 4 is 11.0 Å². The zero-order chi connectivity index (χ0) is 18.8. The van der Waals surface area contributed by atoms with Crippen LogP contribution in [0.2, 0.25) is 0 Å². The molecule has 4 aromatic rings. The molecule has 0 unspecified atom stereocenters. The van der Waals surface area contributed by atoms with Gasteiger partial charge in [-0.3, -0.25) is 13.9 Å². The van der Waals surface area contributed by atoms with Crippen LogP contribution in [0.5, 0.6) is 0 Å². The van der Waals surface area contributed by atoms with Crippen LogP contribution in [-0.2, 0) is 13.1 Å².